The van der Waals surface area contributed by atoms with Gasteiger partial charge >= 0.3 is 0 Å². The number of hydrogen-bond acceptors (Lipinski definition) is 2. The number of nitrogens with one attached hydrogen (secondary N) is 1. The summed E-state index contributed by atoms with van der Waals surface area (Å²) in [6, 6.07) is 21.2. The van der Waals surface area contributed by atoms with Crippen LogP contribution in [0.3, 0.4) is 0 Å². The van der Waals surface area contributed by atoms with Crippen molar-refractivity contribution in [2.24, 2.45) is 0 Å². The standard InChI is InChI=1S/C21H24N2O/c1-3-14-21(24-2,19-15-22-16-23-19)20(17-10-6-4-7-11-17)18-12-8-5-9-13-18/h4-13,15-16,20H,3,14H2,1-2H3,(H,22,23)/t21-/m1/s1. The van der Waals surface area contributed by atoms with E-state index in [1.54, 1.807) is 13.4 Å². The smallest absolute Gasteiger partial charge is 0.120 e. The summed E-state index contributed by atoms with van der Waals surface area (Å²) in [7, 11) is 1.80. The fourth-order valence-corrected chi connectivity index (χ4v) is 3.64. The van der Waals surface area contributed by atoms with E-state index in [9.17, 15) is 0 Å². The molecule has 0 saturated carbocycles. The maximum absolute atomic E-state index is 6.22. The van der Waals surface area contributed by atoms with Crippen LogP contribution in [0.1, 0.15) is 42.5 Å². The van der Waals surface area contributed by atoms with Crippen molar-refractivity contribution in [1.82, 2.24) is 9.97 Å². The number of imidazole rings is 1. The second-order valence-electron chi connectivity index (χ2n) is 6.06. The number of nitrogens with zero attached hydrogens (tertiary/aromatic N) is 1. The molecule has 1 N–H and O–H groups in total. The summed E-state index contributed by atoms with van der Waals surface area (Å²) in [5, 5.41) is 0. The largest absolute Gasteiger partial charge is 0.371 e. The summed E-state index contributed by atoms with van der Waals surface area (Å²) in [4.78, 5) is 7.55. The minimum absolute atomic E-state index is 0.0882. The molecule has 3 aromatic rings. The number of aromatic nitrogens is 2. The highest BCUT2D eigenvalue weighted by molar-refractivity contribution is 5.38. The molecular formula is C21H24N2O. The first kappa shape index (κ1) is 16.5. The fourth-order valence-electron chi connectivity index (χ4n) is 3.64. The topological polar surface area (TPSA) is 37.9 Å². The quantitative estimate of drug-likeness (QED) is 0.673. The third-order valence-electron chi connectivity index (χ3n) is 4.67. The Kier molecular flexibility index (Phi) is 5.11. The van der Waals surface area contributed by atoms with E-state index in [1.165, 1.54) is 11.1 Å². The zero-order chi connectivity index (χ0) is 16.8. The second kappa shape index (κ2) is 7.45. The molecule has 2 aromatic carbocycles. The first-order valence-electron chi connectivity index (χ1n) is 8.45. The van der Waals surface area contributed by atoms with Crippen LogP contribution in [0.2, 0.25) is 0 Å². The summed E-state index contributed by atoms with van der Waals surface area (Å²) >= 11 is 0. The van der Waals surface area contributed by atoms with Crippen LogP contribution in [0.4, 0.5) is 0 Å². The molecule has 0 spiro atoms. The van der Waals surface area contributed by atoms with Gasteiger partial charge in [0.15, 0.2) is 0 Å². The Balaban J connectivity index is 2.22. The number of benzene rings is 2. The van der Waals surface area contributed by atoms with Gasteiger partial charge in [-0.2, -0.15) is 0 Å². The first-order chi connectivity index (χ1) is 11.8. The van der Waals surface area contributed by atoms with E-state index in [0.717, 1.165) is 18.5 Å². The van der Waals surface area contributed by atoms with Gasteiger partial charge in [0, 0.05) is 13.0 Å². The molecule has 0 aliphatic rings. The van der Waals surface area contributed by atoms with Crippen molar-refractivity contribution in [3.8, 4) is 0 Å². The summed E-state index contributed by atoms with van der Waals surface area (Å²) < 4.78 is 6.22. The van der Waals surface area contributed by atoms with Crippen LogP contribution in [0.5, 0.6) is 0 Å². The Morgan fingerprint density at radius 2 is 1.58 bits per heavy atom. The summed E-state index contributed by atoms with van der Waals surface area (Å²) in [6.45, 7) is 2.19. The van der Waals surface area contributed by atoms with E-state index >= 15 is 0 Å². The molecule has 0 amide bonds. The van der Waals surface area contributed by atoms with Gasteiger partial charge < -0.3 is 9.72 Å². The number of ether oxygens (including phenoxy) is 1. The molecule has 0 saturated heterocycles. The molecule has 3 nitrogen and oxygen atoms in total. The summed E-state index contributed by atoms with van der Waals surface area (Å²) in [5.41, 5.74) is 3.03. The fraction of sp³-hybridized carbons (Fsp3) is 0.286. The molecule has 1 heterocycles. The van der Waals surface area contributed by atoms with Crippen molar-refractivity contribution in [1.29, 1.82) is 0 Å². The average molecular weight is 320 g/mol. The molecule has 3 rings (SSSR count). The van der Waals surface area contributed by atoms with Crippen LogP contribution in [0, 0.1) is 0 Å². The van der Waals surface area contributed by atoms with Crippen LogP contribution in [-0.4, -0.2) is 17.1 Å². The van der Waals surface area contributed by atoms with Gasteiger partial charge in [-0.05, 0) is 17.5 Å². The van der Waals surface area contributed by atoms with Crippen molar-refractivity contribution in [3.05, 3.63) is 90.0 Å². The van der Waals surface area contributed by atoms with E-state index < -0.39 is 5.60 Å². The number of methoxy groups -OCH3 is 1. The molecule has 0 bridgehead atoms. The molecule has 3 heteroatoms. The Morgan fingerprint density at radius 3 is 2.00 bits per heavy atom. The number of aromatic amines is 1. The highest BCUT2D eigenvalue weighted by Gasteiger charge is 2.43. The predicted octanol–water partition coefficient (Wildman–Crippen LogP) is 4.88. The highest BCUT2D eigenvalue weighted by Crippen LogP contribution is 2.46. The van der Waals surface area contributed by atoms with E-state index in [1.807, 2.05) is 6.20 Å². The van der Waals surface area contributed by atoms with Gasteiger partial charge in [0.1, 0.15) is 5.60 Å². The molecule has 1 aromatic heterocycles. The van der Waals surface area contributed by atoms with Gasteiger partial charge in [-0.25, -0.2) is 4.98 Å². The van der Waals surface area contributed by atoms with Gasteiger partial charge in [-0.1, -0.05) is 74.0 Å². The molecule has 0 unspecified atom stereocenters. The van der Waals surface area contributed by atoms with Crippen molar-refractivity contribution in [2.75, 3.05) is 7.11 Å². The van der Waals surface area contributed by atoms with E-state index in [0.29, 0.717) is 0 Å². The lowest BCUT2D eigenvalue weighted by Crippen LogP contribution is -2.37. The number of hydrogen-bond donors (Lipinski definition) is 1. The maximum Gasteiger partial charge on any atom is 0.120 e. The Bertz CT molecular complexity index is 686. The van der Waals surface area contributed by atoms with Gasteiger partial charge in [-0.15, -0.1) is 0 Å². The molecule has 124 valence electrons. The minimum Gasteiger partial charge on any atom is -0.371 e. The Morgan fingerprint density at radius 1 is 1.00 bits per heavy atom. The van der Waals surface area contributed by atoms with Crippen LogP contribution in [0.15, 0.2) is 73.2 Å². The van der Waals surface area contributed by atoms with Gasteiger partial charge in [0.25, 0.3) is 0 Å². The van der Waals surface area contributed by atoms with Crippen molar-refractivity contribution in [2.45, 2.75) is 31.3 Å². The molecule has 0 aliphatic carbocycles. The zero-order valence-electron chi connectivity index (χ0n) is 14.3. The van der Waals surface area contributed by atoms with Crippen molar-refractivity contribution in [3.63, 3.8) is 0 Å². The monoisotopic (exact) mass is 320 g/mol. The maximum atomic E-state index is 6.22. The molecule has 0 radical (unpaired) electrons. The number of rotatable bonds is 7. The third-order valence-corrected chi connectivity index (χ3v) is 4.67. The van der Waals surface area contributed by atoms with Crippen LogP contribution < -0.4 is 0 Å². The average Bonchev–Trinajstić information content (AvgIpc) is 3.18. The van der Waals surface area contributed by atoms with E-state index in [2.05, 4.69) is 77.6 Å². The van der Waals surface area contributed by atoms with E-state index in [4.69, 9.17) is 4.74 Å². The van der Waals surface area contributed by atoms with Crippen LogP contribution in [-0.2, 0) is 10.3 Å². The molecular weight excluding hydrogens is 296 g/mol. The van der Waals surface area contributed by atoms with Crippen molar-refractivity contribution < 1.29 is 4.74 Å². The molecule has 1 atom stereocenters. The normalized spacial score (nSPS) is 13.8. The van der Waals surface area contributed by atoms with Crippen molar-refractivity contribution >= 4 is 0 Å². The molecule has 0 aliphatic heterocycles. The van der Waals surface area contributed by atoms with Gasteiger partial charge in [0.05, 0.1) is 18.2 Å². The minimum atomic E-state index is -0.478. The van der Waals surface area contributed by atoms with Crippen LogP contribution >= 0.6 is 0 Å². The Hall–Kier alpha value is -2.39. The Labute approximate surface area is 143 Å². The lowest BCUT2D eigenvalue weighted by molar-refractivity contribution is -0.0402. The second-order valence-corrected chi connectivity index (χ2v) is 6.06. The van der Waals surface area contributed by atoms with Gasteiger partial charge in [0.2, 0.25) is 0 Å². The predicted molar refractivity (Wildman–Crippen MR) is 96.9 cm³/mol. The zero-order valence-corrected chi connectivity index (χ0v) is 14.3. The summed E-state index contributed by atoms with van der Waals surface area (Å²) in [5.74, 6) is 0.0882. The molecule has 0 fully saturated rings. The summed E-state index contributed by atoms with van der Waals surface area (Å²) in [6.07, 6.45) is 5.53. The number of H-pyrrole nitrogens is 1. The SMILES string of the molecule is CCC[C@@](OC)(c1cnc[nH]1)C(c1ccccc1)c1ccccc1. The lowest BCUT2D eigenvalue weighted by atomic mass is 9.73. The van der Waals surface area contributed by atoms with Crippen LogP contribution in [0.25, 0.3) is 0 Å². The highest BCUT2D eigenvalue weighted by atomic mass is 16.5. The van der Waals surface area contributed by atoms with Gasteiger partial charge in [-0.3, -0.25) is 0 Å². The molecule has 24 heavy (non-hydrogen) atoms. The lowest BCUT2D eigenvalue weighted by Gasteiger charge is -2.39. The van der Waals surface area contributed by atoms with E-state index in [-0.39, 0.29) is 5.92 Å². The first-order valence-corrected chi connectivity index (χ1v) is 8.45. The third kappa shape index (κ3) is 3.00.